The van der Waals surface area contributed by atoms with Gasteiger partial charge in [-0.15, -0.1) is 0 Å². The largest absolute Gasteiger partial charge is 0.277 e. The summed E-state index contributed by atoms with van der Waals surface area (Å²) in [6, 6.07) is 8.48. The van der Waals surface area contributed by atoms with Crippen molar-refractivity contribution in [2.24, 2.45) is 0 Å². The molecule has 0 fully saturated rings. The number of aryl methyl sites for hydroxylation is 1. The Morgan fingerprint density at radius 1 is 1.23 bits per heavy atom. The molecule has 0 radical (unpaired) electrons. The van der Waals surface area contributed by atoms with E-state index >= 15 is 0 Å². The normalized spacial score (nSPS) is 16.5. The topological polar surface area (TPSA) is 12.5 Å². The lowest BCUT2D eigenvalue weighted by Crippen LogP contribution is -2.22. The van der Waals surface area contributed by atoms with Crippen LogP contribution in [0.25, 0.3) is 0 Å². The third-order valence-corrected chi connectivity index (χ3v) is 2.54. The Morgan fingerprint density at radius 2 is 2.08 bits per heavy atom. The van der Waals surface area contributed by atoms with Crippen molar-refractivity contribution in [3.05, 3.63) is 29.8 Å². The number of hydrogen-bond donors (Lipinski definition) is 0. The molecule has 2 rings (SSSR count). The number of para-hydroxylation sites is 1. The van der Waals surface area contributed by atoms with Crippen molar-refractivity contribution in [2.45, 2.75) is 19.3 Å². The molecule has 1 heterocycles. The summed E-state index contributed by atoms with van der Waals surface area (Å²) in [5, 5.41) is 1.99. The minimum Gasteiger partial charge on any atom is -0.277 e. The van der Waals surface area contributed by atoms with E-state index in [-0.39, 0.29) is 0 Å². The van der Waals surface area contributed by atoms with Crippen molar-refractivity contribution in [3.63, 3.8) is 0 Å². The van der Waals surface area contributed by atoms with Crippen LogP contribution in [0.4, 0.5) is 5.69 Å². The zero-order chi connectivity index (χ0) is 9.10. The predicted molar refractivity (Wildman–Crippen MR) is 53.7 cm³/mol. The predicted octanol–water partition coefficient (Wildman–Crippen LogP) is 2.39. The maximum atomic E-state index is 5.33. The highest BCUT2D eigenvalue weighted by Gasteiger charge is 2.13. The van der Waals surface area contributed by atoms with Crippen LogP contribution in [0.3, 0.4) is 0 Å². The highest BCUT2D eigenvalue weighted by molar-refractivity contribution is 5.52. The molecule has 0 saturated heterocycles. The van der Waals surface area contributed by atoms with Crippen LogP contribution in [0.2, 0.25) is 0 Å². The van der Waals surface area contributed by atoms with E-state index in [4.69, 9.17) is 4.84 Å². The molecule has 0 atom stereocenters. The van der Waals surface area contributed by atoms with Gasteiger partial charge >= 0.3 is 0 Å². The molecule has 1 aromatic rings. The van der Waals surface area contributed by atoms with E-state index in [0.29, 0.717) is 0 Å². The second-order valence-corrected chi connectivity index (χ2v) is 3.37. The lowest BCUT2D eigenvalue weighted by Gasteiger charge is -2.21. The van der Waals surface area contributed by atoms with Crippen LogP contribution in [-0.4, -0.2) is 13.7 Å². The van der Waals surface area contributed by atoms with Crippen molar-refractivity contribution < 1.29 is 4.84 Å². The van der Waals surface area contributed by atoms with E-state index < -0.39 is 0 Å². The summed E-state index contributed by atoms with van der Waals surface area (Å²) < 4.78 is 0. The first kappa shape index (κ1) is 8.57. The smallest absolute Gasteiger partial charge is 0.0668 e. The first-order chi connectivity index (χ1) is 6.42. The Balaban J connectivity index is 2.35. The zero-order valence-corrected chi connectivity index (χ0v) is 7.99. The summed E-state index contributed by atoms with van der Waals surface area (Å²) >= 11 is 0. The molecule has 70 valence electrons. The maximum Gasteiger partial charge on any atom is 0.0668 e. The highest BCUT2D eigenvalue weighted by Crippen LogP contribution is 2.25. The molecule has 0 unspecified atom stereocenters. The summed E-state index contributed by atoms with van der Waals surface area (Å²) in [5.41, 5.74) is 2.64. The average Bonchev–Trinajstić information content (AvgIpc) is 2.39. The summed E-state index contributed by atoms with van der Waals surface area (Å²) in [6.45, 7) is 1.01. The molecule has 0 bridgehead atoms. The fourth-order valence-corrected chi connectivity index (χ4v) is 1.85. The van der Waals surface area contributed by atoms with Crippen molar-refractivity contribution in [1.82, 2.24) is 0 Å². The Bertz CT molecular complexity index is 285. The SMILES string of the molecule is CON1CCCCc2ccccc21. The van der Waals surface area contributed by atoms with Crippen LogP contribution >= 0.6 is 0 Å². The van der Waals surface area contributed by atoms with Gasteiger partial charge in [0.05, 0.1) is 12.8 Å². The molecular weight excluding hydrogens is 162 g/mol. The third kappa shape index (κ3) is 1.68. The van der Waals surface area contributed by atoms with E-state index in [2.05, 4.69) is 24.3 Å². The molecule has 0 N–H and O–H groups in total. The van der Waals surface area contributed by atoms with Crippen molar-refractivity contribution in [1.29, 1.82) is 0 Å². The first-order valence-electron chi connectivity index (χ1n) is 4.81. The van der Waals surface area contributed by atoms with Gasteiger partial charge in [0.25, 0.3) is 0 Å². The maximum absolute atomic E-state index is 5.33. The number of hydrogen-bond acceptors (Lipinski definition) is 2. The first-order valence-corrected chi connectivity index (χ1v) is 4.81. The van der Waals surface area contributed by atoms with Crippen LogP contribution in [0, 0.1) is 0 Å². The van der Waals surface area contributed by atoms with Crippen LogP contribution in [0.1, 0.15) is 18.4 Å². The van der Waals surface area contributed by atoms with E-state index in [1.54, 1.807) is 7.11 Å². The fraction of sp³-hybridized carbons (Fsp3) is 0.455. The van der Waals surface area contributed by atoms with Gasteiger partial charge in [-0.2, -0.15) is 0 Å². The molecule has 1 aliphatic heterocycles. The van der Waals surface area contributed by atoms with Gasteiger partial charge in [0.1, 0.15) is 0 Å². The van der Waals surface area contributed by atoms with Gasteiger partial charge < -0.3 is 0 Å². The van der Waals surface area contributed by atoms with E-state index in [1.165, 1.54) is 30.5 Å². The molecule has 2 heteroatoms. The van der Waals surface area contributed by atoms with Gasteiger partial charge in [0.2, 0.25) is 0 Å². The molecule has 0 aliphatic carbocycles. The number of benzene rings is 1. The molecule has 0 amide bonds. The van der Waals surface area contributed by atoms with Gasteiger partial charge in [-0.3, -0.25) is 9.90 Å². The average molecular weight is 177 g/mol. The van der Waals surface area contributed by atoms with Gasteiger partial charge in [-0.1, -0.05) is 18.2 Å². The highest BCUT2D eigenvalue weighted by atomic mass is 16.7. The minimum atomic E-state index is 1.01. The summed E-state index contributed by atoms with van der Waals surface area (Å²) in [5.74, 6) is 0. The van der Waals surface area contributed by atoms with E-state index in [1.807, 2.05) is 5.06 Å². The fourth-order valence-electron chi connectivity index (χ4n) is 1.85. The lowest BCUT2D eigenvalue weighted by atomic mass is 10.1. The van der Waals surface area contributed by atoms with Crippen LogP contribution < -0.4 is 5.06 Å². The molecule has 1 aromatic carbocycles. The summed E-state index contributed by atoms with van der Waals surface area (Å²) in [4.78, 5) is 5.33. The number of hydroxylamine groups is 1. The van der Waals surface area contributed by atoms with Crippen molar-refractivity contribution in [2.75, 3.05) is 18.7 Å². The molecule has 0 spiro atoms. The Labute approximate surface area is 79.1 Å². The second-order valence-electron chi connectivity index (χ2n) is 3.37. The van der Waals surface area contributed by atoms with Gasteiger partial charge in [-0.05, 0) is 30.9 Å². The molecule has 0 saturated carbocycles. The van der Waals surface area contributed by atoms with Crippen LogP contribution in [-0.2, 0) is 11.3 Å². The molecule has 2 nitrogen and oxygen atoms in total. The third-order valence-electron chi connectivity index (χ3n) is 2.54. The second kappa shape index (κ2) is 3.79. The zero-order valence-electron chi connectivity index (χ0n) is 7.99. The van der Waals surface area contributed by atoms with Crippen molar-refractivity contribution >= 4 is 5.69 Å². The van der Waals surface area contributed by atoms with Gasteiger partial charge in [0, 0.05) is 6.54 Å². The lowest BCUT2D eigenvalue weighted by molar-refractivity contribution is 0.167. The number of nitrogens with zero attached hydrogens (tertiary/aromatic N) is 1. The number of anilines is 1. The van der Waals surface area contributed by atoms with Crippen LogP contribution in [0.5, 0.6) is 0 Å². The Hall–Kier alpha value is -1.02. The number of fused-ring (bicyclic) bond motifs is 1. The minimum absolute atomic E-state index is 1.01. The van der Waals surface area contributed by atoms with E-state index in [0.717, 1.165) is 6.54 Å². The quantitative estimate of drug-likeness (QED) is 0.653. The molecule has 13 heavy (non-hydrogen) atoms. The van der Waals surface area contributed by atoms with Gasteiger partial charge in [0.15, 0.2) is 0 Å². The monoisotopic (exact) mass is 177 g/mol. The summed E-state index contributed by atoms with van der Waals surface area (Å²) in [6.07, 6.45) is 3.65. The number of rotatable bonds is 1. The standard InChI is InChI=1S/C11H15NO/c1-13-12-9-5-4-7-10-6-2-3-8-11(10)12/h2-3,6,8H,4-5,7,9H2,1H3. The molecule has 1 aliphatic rings. The summed E-state index contributed by atoms with van der Waals surface area (Å²) in [7, 11) is 1.74. The Kier molecular flexibility index (Phi) is 2.50. The van der Waals surface area contributed by atoms with E-state index in [9.17, 15) is 0 Å². The van der Waals surface area contributed by atoms with Crippen LogP contribution in [0.15, 0.2) is 24.3 Å². The Morgan fingerprint density at radius 3 is 2.92 bits per heavy atom. The molecular formula is C11H15NO. The van der Waals surface area contributed by atoms with Gasteiger partial charge in [-0.25, -0.2) is 0 Å². The van der Waals surface area contributed by atoms with Crippen molar-refractivity contribution in [3.8, 4) is 0 Å². The molecule has 0 aromatic heterocycles.